The van der Waals surface area contributed by atoms with Gasteiger partial charge in [0.1, 0.15) is 0 Å². The van der Waals surface area contributed by atoms with E-state index in [0.29, 0.717) is 11.5 Å². The number of amides is 1. The van der Waals surface area contributed by atoms with E-state index < -0.39 is 4.92 Å². The summed E-state index contributed by atoms with van der Waals surface area (Å²) in [5, 5.41) is 14.1. The zero-order valence-corrected chi connectivity index (χ0v) is 14.8. The third-order valence-electron chi connectivity index (χ3n) is 4.33. The molecule has 8 heteroatoms. The van der Waals surface area contributed by atoms with Crippen molar-refractivity contribution in [1.29, 1.82) is 0 Å². The number of nitro benzene ring substituents is 1. The van der Waals surface area contributed by atoms with Crippen LogP contribution >= 0.6 is 12.4 Å². The fourth-order valence-electron chi connectivity index (χ4n) is 2.92. The summed E-state index contributed by atoms with van der Waals surface area (Å²) in [4.78, 5) is 24.8. The molecule has 0 spiro atoms. The van der Waals surface area contributed by atoms with Gasteiger partial charge in [-0.15, -0.1) is 12.4 Å². The monoisotopic (exact) mass is 357 g/mol. The van der Waals surface area contributed by atoms with Gasteiger partial charge in [-0.1, -0.05) is 0 Å². The molecule has 1 heterocycles. The fourth-order valence-corrected chi connectivity index (χ4v) is 2.92. The van der Waals surface area contributed by atoms with Crippen LogP contribution in [0.25, 0.3) is 0 Å². The highest BCUT2D eigenvalue weighted by molar-refractivity contribution is 5.95. The van der Waals surface area contributed by atoms with Gasteiger partial charge >= 0.3 is 5.69 Å². The highest BCUT2D eigenvalue weighted by atomic mass is 35.5. The predicted molar refractivity (Wildman–Crippen MR) is 94.1 cm³/mol. The summed E-state index contributed by atoms with van der Waals surface area (Å²) in [6, 6.07) is 4.27. The molecule has 0 saturated carbocycles. The van der Waals surface area contributed by atoms with Gasteiger partial charge in [0, 0.05) is 30.8 Å². The topological polar surface area (TPSA) is 84.7 Å². The minimum absolute atomic E-state index is 0. The Morgan fingerprint density at radius 3 is 2.62 bits per heavy atom. The minimum atomic E-state index is -0.514. The molecule has 1 N–H and O–H groups in total. The standard InChI is InChI=1S/C16H23N3O4.ClH/c1-17-8-5-12-6-9-18(10-7-12)16(20)13-3-4-14(19(21)22)15(11-13)23-2;/h3-4,11-12,17H,5-10H2,1-2H3;1H. The van der Waals surface area contributed by atoms with E-state index in [0.717, 1.165) is 38.9 Å². The molecule has 1 amide bonds. The Morgan fingerprint density at radius 1 is 1.42 bits per heavy atom. The van der Waals surface area contributed by atoms with Crippen LogP contribution in [-0.4, -0.2) is 49.5 Å². The number of nitro groups is 1. The molecular weight excluding hydrogens is 334 g/mol. The molecular formula is C16H24ClN3O4. The van der Waals surface area contributed by atoms with Crippen LogP contribution in [0.4, 0.5) is 5.69 Å². The molecule has 134 valence electrons. The summed E-state index contributed by atoms with van der Waals surface area (Å²) in [6.45, 7) is 2.46. The SMILES string of the molecule is CNCCC1CCN(C(=O)c2ccc([N+](=O)[O-])c(OC)c2)CC1.Cl. The van der Waals surface area contributed by atoms with Crippen LogP contribution in [0.15, 0.2) is 18.2 Å². The number of hydrogen-bond donors (Lipinski definition) is 1. The molecule has 1 aliphatic rings. The lowest BCUT2D eigenvalue weighted by molar-refractivity contribution is -0.385. The Hall–Kier alpha value is -1.86. The lowest BCUT2D eigenvalue weighted by Gasteiger charge is -2.32. The Bertz CT molecular complexity index is 574. The van der Waals surface area contributed by atoms with Crippen molar-refractivity contribution >= 4 is 24.0 Å². The van der Waals surface area contributed by atoms with Crippen molar-refractivity contribution in [2.75, 3.05) is 33.8 Å². The minimum Gasteiger partial charge on any atom is -0.490 e. The van der Waals surface area contributed by atoms with Gasteiger partial charge in [0.25, 0.3) is 5.91 Å². The summed E-state index contributed by atoms with van der Waals surface area (Å²) < 4.78 is 5.03. The van der Waals surface area contributed by atoms with E-state index in [1.807, 2.05) is 11.9 Å². The number of rotatable bonds is 6. The van der Waals surface area contributed by atoms with Gasteiger partial charge in [0.05, 0.1) is 12.0 Å². The summed E-state index contributed by atoms with van der Waals surface area (Å²) in [5.74, 6) is 0.674. The number of ether oxygens (including phenoxy) is 1. The average Bonchev–Trinajstić information content (AvgIpc) is 2.59. The zero-order valence-electron chi connectivity index (χ0n) is 14.0. The first-order valence-corrected chi connectivity index (χ1v) is 7.83. The van der Waals surface area contributed by atoms with Gasteiger partial charge < -0.3 is 15.0 Å². The van der Waals surface area contributed by atoms with Crippen molar-refractivity contribution < 1.29 is 14.5 Å². The number of nitrogens with zero attached hydrogens (tertiary/aromatic N) is 2. The number of carbonyl (C=O) groups excluding carboxylic acids is 1. The van der Waals surface area contributed by atoms with Crippen LogP contribution in [0.2, 0.25) is 0 Å². The second kappa shape index (κ2) is 9.44. The molecule has 1 fully saturated rings. The van der Waals surface area contributed by atoms with Crippen LogP contribution in [0.1, 0.15) is 29.6 Å². The number of halogens is 1. The molecule has 24 heavy (non-hydrogen) atoms. The first-order chi connectivity index (χ1) is 11.1. The van der Waals surface area contributed by atoms with Gasteiger partial charge in [-0.3, -0.25) is 14.9 Å². The third-order valence-corrected chi connectivity index (χ3v) is 4.33. The van der Waals surface area contributed by atoms with Crippen LogP contribution in [0.5, 0.6) is 5.75 Å². The maximum atomic E-state index is 12.6. The Balaban J connectivity index is 0.00000288. The highest BCUT2D eigenvalue weighted by Crippen LogP contribution is 2.29. The van der Waals surface area contributed by atoms with Crippen molar-refractivity contribution in [2.24, 2.45) is 5.92 Å². The van der Waals surface area contributed by atoms with Crippen molar-refractivity contribution in [1.82, 2.24) is 10.2 Å². The first kappa shape index (κ1) is 20.2. The summed E-state index contributed by atoms with van der Waals surface area (Å²) in [7, 11) is 3.31. The number of nitrogens with one attached hydrogen (secondary N) is 1. The Morgan fingerprint density at radius 2 is 2.08 bits per heavy atom. The van der Waals surface area contributed by atoms with E-state index in [1.54, 1.807) is 0 Å². The molecule has 1 aromatic carbocycles. The number of hydrogen-bond acceptors (Lipinski definition) is 5. The molecule has 2 rings (SSSR count). The molecule has 0 bridgehead atoms. The largest absolute Gasteiger partial charge is 0.490 e. The van der Waals surface area contributed by atoms with Crippen molar-refractivity contribution in [3.05, 3.63) is 33.9 Å². The summed E-state index contributed by atoms with van der Waals surface area (Å²) >= 11 is 0. The van der Waals surface area contributed by atoms with Gasteiger partial charge in [-0.05, 0) is 44.8 Å². The van der Waals surface area contributed by atoms with Crippen molar-refractivity contribution in [2.45, 2.75) is 19.3 Å². The smallest absolute Gasteiger partial charge is 0.310 e. The Kier molecular flexibility index (Phi) is 7.94. The third kappa shape index (κ3) is 4.82. The van der Waals surface area contributed by atoms with Gasteiger partial charge in [0.2, 0.25) is 0 Å². The van der Waals surface area contributed by atoms with Crippen LogP contribution in [0, 0.1) is 16.0 Å². The normalized spacial score (nSPS) is 14.8. The molecule has 0 unspecified atom stereocenters. The quantitative estimate of drug-likeness (QED) is 0.624. The highest BCUT2D eigenvalue weighted by Gasteiger charge is 2.25. The van der Waals surface area contributed by atoms with Crippen LogP contribution < -0.4 is 10.1 Å². The number of carbonyl (C=O) groups is 1. The molecule has 1 aliphatic heterocycles. The van der Waals surface area contributed by atoms with Crippen LogP contribution in [0.3, 0.4) is 0 Å². The van der Waals surface area contributed by atoms with Crippen molar-refractivity contribution in [3.63, 3.8) is 0 Å². The lowest BCUT2D eigenvalue weighted by atomic mass is 9.93. The second-order valence-electron chi connectivity index (χ2n) is 5.77. The van der Waals surface area contributed by atoms with E-state index in [2.05, 4.69) is 5.32 Å². The maximum absolute atomic E-state index is 12.6. The van der Waals surface area contributed by atoms with Crippen LogP contribution in [-0.2, 0) is 0 Å². The summed E-state index contributed by atoms with van der Waals surface area (Å²) in [6.07, 6.45) is 3.12. The molecule has 7 nitrogen and oxygen atoms in total. The molecule has 0 aromatic heterocycles. The molecule has 1 saturated heterocycles. The number of piperidine rings is 1. The number of likely N-dealkylation sites (tertiary alicyclic amines) is 1. The van der Waals surface area contributed by atoms with E-state index in [4.69, 9.17) is 4.74 Å². The number of benzene rings is 1. The van der Waals surface area contributed by atoms with E-state index in [-0.39, 0.29) is 29.8 Å². The second-order valence-corrected chi connectivity index (χ2v) is 5.77. The molecule has 0 atom stereocenters. The van der Waals surface area contributed by atoms with E-state index in [1.165, 1.54) is 25.3 Å². The van der Waals surface area contributed by atoms with E-state index >= 15 is 0 Å². The molecule has 0 radical (unpaired) electrons. The van der Waals surface area contributed by atoms with Crippen molar-refractivity contribution in [3.8, 4) is 5.75 Å². The summed E-state index contributed by atoms with van der Waals surface area (Å²) in [5.41, 5.74) is 0.302. The number of methoxy groups -OCH3 is 1. The predicted octanol–water partition coefficient (Wildman–Crippen LogP) is 2.49. The average molecular weight is 358 g/mol. The fraction of sp³-hybridized carbons (Fsp3) is 0.562. The van der Waals surface area contributed by atoms with Gasteiger partial charge in [0.15, 0.2) is 5.75 Å². The van der Waals surface area contributed by atoms with Gasteiger partial charge in [-0.2, -0.15) is 0 Å². The Labute approximate surface area is 147 Å². The molecule has 1 aromatic rings. The maximum Gasteiger partial charge on any atom is 0.310 e. The van der Waals surface area contributed by atoms with E-state index in [9.17, 15) is 14.9 Å². The molecule has 0 aliphatic carbocycles. The zero-order chi connectivity index (χ0) is 16.8. The lowest BCUT2D eigenvalue weighted by Crippen LogP contribution is -2.39. The first-order valence-electron chi connectivity index (χ1n) is 7.83. The van der Waals surface area contributed by atoms with Gasteiger partial charge in [-0.25, -0.2) is 0 Å².